The van der Waals surface area contributed by atoms with Crippen molar-refractivity contribution in [3.63, 3.8) is 0 Å². The molecule has 1 atom stereocenters. The van der Waals surface area contributed by atoms with Crippen LogP contribution in [0.25, 0.3) is 0 Å². The molecule has 1 aliphatic rings. The molecule has 4 nitrogen and oxygen atoms in total. The highest BCUT2D eigenvalue weighted by Crippen LogP contribution is 2.32. The van der Waals surface area contributed by atoms with Crippen molar-refractivity contribution < 1.29 is 13.2 Å². The summed E-state index contributed by atoms with van der Waals surface area (Å²) >= 11 is 0. The van der Waals surface area contributed by atoms with Crippen molar-refractivity contribution in [1.29, 1.82) is 0 Å². The molecule has 2 aromatic carbocycles. The van der Waals surface area contributed by atoms with Gasteiger partial charge in [-0.2, -0.15) is 0 Å². The number of fused-ring (bicyclic) bond motifs is 1. The second-order valence-corrected chi connectivity index (χ2v) is 7.27. The Morgan fingerprint density at radius 2 is 1.91 bits per heavy atom. The van der Waals surface area contributed by atoms with Gasteiger partial charge in [0.25, 0.3) is 0 Å². The van der Waals surface area contributed by atoms with Gasteiger partial charge in [0.05, 0.1) is 9.79 Å². The average Bonchev–Trinajstić information content (AvgIpc) is 2.55. The van der Waals surface area contributed by atoms with Gasteiger partial charge in [-0.3, -0.25) is 0 Å². The molecular weight excluding hydrogens is 298 g/mol. The maximum atomic E-state index is 12.6. The fourth-order valence-corrected chi connectivity index (χ4v) is 3.91. The number of ether oxygens (including phenoxy) is 1. The minimum Gasteiger partial charge on any atom is -0.489 e. The van der Waals surface area contributed by atoms with Crippen molar-refractivity contribution in [2.75, 3.05) is 6.54 Å². The van der Waals surface area contributed by atoms with Crippen molar-refractivity contribution in [3.05, 3.63) is 61.1 Å². The summed E-state index contributed by atoms with van der Waals surface area (Å²) in [6, 6.07) is 13.6. The van der Waals surface area contributed by atoms with E-state index in [9.17, 15) is 8.42 Å². The van der Waals surface area contributed by atoms with Crippen LogP contribution in [0.5, 0.6) is 5.75 Å². The van der Waals surface area contributed by atoms with Crippen molar-refractivity contribution in [3.8, 4) is 5.75 Å². The summed E-state index contributed by atoms with van der Waals surface area (Å²) in [5, 5.41) is 2.85. The SMILES string of the molecule is [CH2]NC[C@H]1CCc2ccc(S(=O)(=O)c3ccccc3)cc2O1. The van der Waals surface area contributed by atoms with Gasteiger partial charge >= 0.3 is 0 Å². The first-order chi connectivity index (χ1) is 10.6. The lowest BCUT2D eigenvalue weighted by Gasteiger charge is -2.26. The summed E-state index contributed by atoms with van der Waals surface area (Å²) < 4.78 is 31.2. The number of hydrogen-bond acceptors (Lipinski definition) is 4. The van der Waals surface area contributed by atoms with Crippen LogP contribution in [0.1, 0.15) is 12.0 Å². The fraction of sp³-hybridized carbons (Fsp3) is 0.235. The van der Waals surface area contributed by atoms with Crippen molar-refractivity contribution in [2.45, 2.75) is 28.7 Å². The van der Waals surface area contributed by atoms with Crippen LogP contribution in [0.2, 0.25) is 0 Å². The Morgan fingerprint density at radius 1 is 1.14 bits per heavy atom. The molecule has 0 saturated heterocycles. The van der Waals surface area contributed by atoms with Gasteiger partial charge in [0.2, 0.25) is 9.84 Å². The number of rotatable bonds is 4. The smallest absolute Gasteiger partial charge is 0.206 e. The Bertz CT molecular complexity index is 757. The molecule has 1 aliphatic heterocycles. The molecule has 0 fully saturated rings. The Balaban J connectivity index is 1.95. The first-order valence-electron chi connectivity index (χ1n) is 7.21. The van der Waals surface area contributed by atoms with E-state index in [0.717, 1.165) is 18.4 Å². The minimum absolute atomic E-state index is 0.0275. The fourth-order valence-electron chi connectivity index (χ4n) is 2.61. The van der Waals surface area contributed by atoms with Crippen molar-refractivity contribution in [2.24, 2.45) is 0 Å². The van der Waals surface area contributed by atoms with Gasteiger partial charge in [-0.05, 0) is 42.7 Å². The molecule has 0 spiro atoms. The summed E-state index contributed by atoms with van der Waals surface area (Å²) in [4.78, 5) is 0.558. The molecule has 0 amide bonds. The number of hydrogen-bond donors (Lipinski definition) is 1. The largest absolute Gasteiger partial charge is 0.489 e. The molecule has 2 aromatic rings. The van der Waals surface area contributed by atoms with Crippen molar-refractivity contribution in [1.82, 2.24) is 5.32 Å². The second kappa shape index (κ2) is 6.10. The first kappa shape index (κ1) is 15.1. The molecular formula is C17H18NO3S. The summed E-state index contributed by atoms with van der Waals surface area (Å²) in [6.07, 6.45) is 1.81. The molecule has 0 aliphatic carbocycles. The molecule has 22 heavy (non-hydrogen) atoms. The minimum atomic E-state index is -3.51. The summed E-state index contributed by atoms with van der Waals surface area (Å²) in [7, 11) is 0.0962. The predicted octanol–water partition coefficient (Wildman–Crippen LogP) is 2.59. The third kappa shape index (κ3) is 2.87. The lowest BCUT2D eigenvalue weighted by atomic mass is 10.0. The van der Waals surface area contributed by atoms with Gasteiger partial charge < -0.3 is 10.1 Å². The molecule has 0 aromatic heterocycles. The number of nitrogens with one attached hydrogen (secondary N) is 1. The lowest BCUT2D eigenvalue weighted by molar-refractivity contribution is 0.174. The Labute approximate surface area is 131 Å². The van der Waals surface area contributed by atoms with E-state index in [-0.39, 0.29) is 11.0 Å². The van der Waals surface area contributed by atoms with E-state index in [1.165, 1.54) is 0 Å². The van der Waals surface area contributed by atoms with Crippen LogP contribution in [0, 0.1) is 7.05 Å². The summed E-state index contributed by atoms with van der Waals surface area (Å²) in [5.74, 6) is 0.656. The highest BCUT2D eigenvalue weighted by atomic mass is 32.2. The predicted molar refractivity (Wildman–Crippen MR) is 84.4 cm³/mol. The van der Waals surface area contributed by atoms with E-state index in [1.54, 1.807) is 42.5 Å². The van der Waals surface area contributed by atoms with Gasteiger partial charge in [-0.15, -0.1) is 0 Å². The van der Waals surface area contributed by atoms with E-state index < -0.39 is 9.84 Å². The zero-order chi connectivity index (χ0) is 15.6. The number of aryl methyl sites for hydroxylation is 1. The molecule has 0 saturated carbocycles. The first-order valence-corrected chi connectivity index (χ1v) is 8.69. The van der Waals surface area contributed by atoms with E-state index in [2.05, 4.69) is 12.4 Å². The maximum Gasteiger partial charge on any atom is 0.206 e. The maximum absolute atomic E-state index is 12.6. The Hall–Kier alpha value is -1.85. The molecule has 1 radical (unpaired) electrons. The number of benzene rings is 2. The standard InChI is InChI=1S/C17H18NO3S/c1-18-12-14-9-7-13-8-10-16(11-17(13)21-14)22(19,20)15-5-3-2-4-6-15/h2-6,8,10-11,14,18H,1,7,9,12H2/t14-/m1/s1. The highest BCUT2D eigenvalue weighted by Gasteiger charge is 2.23. The average molecular weight is 316 g/mol. The highest BCUT2D eigenvalue weighted by molar-refractivity contribution is 7.91. The third-order valence-corrected chi connectivity index (χ3v) is 5.57. The van der Waals surface area contributed by atoms with E-state index >= 15 is 0 Å². The van der Waals surface area contributed by atoms with E-state index in [1.807, 2.05) is 6.07 Å². The quantitative estimate of drug-likeness (QED) is 0.942. The molecule has 1 N–H and O–H groups in total. The molecule has 0 unspecified atom stereocenters. The summed E-state index contributed by atoms with van der Waals surface area (Å²) in [5.41, 5.74) is 1.05. The molecule has 0 bridgehead atoms. The topological polar surface area (TPSA) is 55.4 Å². The number of sulfone groups is 1. The van der Waals surface area contributed by atoms with Crippen LogP contribution >= 0.6 is 0 Å². The molecule has 3 rings (SSSR count). The van der Waals surface area contributed by atoms with Crippen LogP contribution in [-0.2, 0) is 16.3 Å². The van der Waals surface area contributed by atoms with Crippen LogP contribution < -0.4 is 10.1 Å². The van der Waals surface area contributed by atoms with Gasteiger partial charge in [0.1, 0.15) is 11.9 Å². The lowest BCUT2D eigenvalue weighted by Crippen LogP contribution is -2.31. The van der Waals surface area contributed by atoms with Crippen LogP contribution in [0.4, 0.5) is 0 Å². The monoisotopic (exact) mass is 316 g/mol. The zero-order valence-electron chi connectivity index (χ0n) is 12.2. The summed E-state index contributed by atoms with van der Waals surface area (Å²) in [6.45, 7) is 0.648. The second-order valence-electron chi connectivity index (χ2n) is 5.32. The van der Waals surface area contributed by atoms with E-state index in [0.29, 0.717) is 17.2 Å². The van der Waals surface area contributed by atoms with Crippen molar-refractivity contribution >= 4 is 9.84 Å². The van der Waals surface area contributed by atoms with Crippen LogP contribution in [0.3, 0.4) is 0 Å². The van der Waals surface area contributed by atoms with Gasteiger partial charge in [0, 0.05) is 13.6 Å². The molecule has 5 heteroatoms. The Morgan fingerprint density at radius 3 is 2.64 bits per heavy atom. The van der Waals surface area contributed by atoms with Crippen LogP contribution in [-0.4, -0.2) is 21.1 Å². The van der Waals surface area contributed by atoms with Crippen LogP contribution in [0.15, 0.2) is 58.3 Å². The third-order valence-electron chi connectivity index (χ3n) is 3.80. The normalized spacial score (nSPS) is 17.6. The molecule has 1 heterocycles. The Kier molecular flexibility index (Phi) is 4.18. The van der Waals surface area contributed by atoms with Gasteiger partial charge in [0.15, 0.2) is 0 Å². The zero-order valence-corrected chi connectivity index (χ0v) is 13.0. The van der Waals surface area contributed by atoms with Gasteiger partial charge in [-0.1, -0.05) is 24.3 Å². The molecule has 115 valence electrons. The van der Waals surface area contributed by atoms with E-state index in [4.69, 9.17) is 4.74 Å². The van der Waals surface area contributed by atoms with Gasteiger partial charge in [-0.25, -0.2) is 8.42 Å².